The fourth-order valence-corrected chi connectivity index (χ4v) is 0. The molecule has 0 saturated heterocycles. The number of rotatable bonds is 3. The Kier molecular flexibility index (Phi) is 247. The summed E-state index contributed by atoms with van der Waals surface area (Å²) in [5.41, 5.74) is 0. The molecule has 0 unspecified atom stereocenters. The zero-order chi connectivity index (χ0) is 18.4. The van der Waals surface area contributed by atoms with E-state index in [0.717, 1.165) is 19.3 Å². The number of nitrogens with zero attached hydrogens (tertiary/aromatic N) is 3. The van der Waals surface area contributed by atoms with Crippen molar-refractivity contribution in [1.29, 1.82) is 0 Å². The molecule has 0 rings (SSSR count). The molecule has 0 aliphatic heterocycles. The first-order valence-corrected chi connectivity index (χ1v) is 7.80. The normalized spacial score (nSPS) is 6.26. The van der Waals surface area contributed by atoms with Gasteiger partial charge in [-0.1, -0.05) is 40.0 Å². The van der Waals surface area contributed by atoms with Crippen LogP contribution in [-0.4, -0.2) is 42.3 Å². The Morgan fingerprint density at radius 1 is 0.522 bits per heavy atom. The largest absolute Gasteiger partial charge is 0.693 e. The van der Waals surface area contributed by atoms with Crippen LogP contribution in [0.2, 0.25) is 0 Å². The molecule has 0 spiro atoms. The summed E-state index contributed by atoms with van der Waals surface area (Å²) in [6.07, 6.45) is 6.83. The first kappa shape index (κ1) is 49.5. The predicted octanol–water partition coefficient (Wildman–Crippen LogP) is 7.44. The third-order valence-electron chi connectivity index (χ3n) is 1.06. The molecule has 1 radical (unpaired) electrons. The van der Waals surface area contributed by atoms with Gasteiger partial charge >= 0.3 is 0 Å². The van der Waals surface area contributed by atoms with E-state index in [9.17, 15) is 0 Å². The molecule has 0 saturated carbocycles. The van der Waals surface area contributed by atoms with Gasteiger partial charge in [-0.05, 0) is 0 Å². The molecule has 0 bridgehead atoms. The van der Waals surface area contributed by atoms with Gasteiger partial charge in [0.1, 0.15) is 0 Å². The minimum Gasteiger partial charge on any atom is -0.693 e. The molecular weight excluding hydrogens is 453 g/mol. The van der Waals surface area contributed by atoms with Gasteiger partial charge in [0, 0.05) is 22.4 Å². The number of hydrogen-bond donors (Lipinski definition) is 0. The van der Waals surface area contributed by atoms with Crippen LogP contribution >= 0.6 is 0 Å². The average Bonchev–Trinajstić information content (AvgIpc) is 2.50. The van der Waals surface area contributed by atoms with E-state index in [2.05, 4.69) is 57.5 Å². The molecule has 0 aromatic rings. The minimum absolute atomic E-state index is 0. The standard InChI is InChI=1S/3C4H9.3C2H6N.H2N.Ta/c3*1-3-4-2;3*1-3-2;;/h3*1,3-4H2,2H3;3*1-2H3;1H2;/q7*-1;. The molecule has 0 aliphatic carbocycles. The van der Waals surface area contributed by atoms with Crippen molar-refractivity contribution in [1.82, 2.24) is 0 Å². The van der Waals surface area contributed by atoms with E-state index >= 15 is 0 Å². The number of unbranched alkanes of at least 4 members (excludes halogenated alkanes) is 3. The van der Waals surface area contributed by atoms with Crippen LogP contribution in [0, 0.1) is 20.8 Å². The molecule has 0 amide bonds. The van der Waals surface area contributed by atoms with Crippen LogP contribution in [0.5, 0.6) is 0 Å². The van der Waals surface area contributed by atoms with Crippen LogP contribution in [0.3, 0.4) is 0 Å². The van der Waals surface area contributed by atoms with Gasteiger partial charge in [-0.15, -0.1) is 0 Å². The van der Waals surface area contributed by atoms with Crippen molar-refractivity contribution in [2.45, 2.75) is 59.3 Å². The molecule has 0 fully saturated rings. The van der Waals surface area contributed by atoms with E-state index in [-0.39, 0.29) is 28.5 Å². The van der Waals surface area contributed by atoms with Crippen molar-refractivity contribution in [2.24, 2.45) is 0 Å². The second-order valence-electron chi connectivity index (χ2n) is 3.90. The number of nitrogens with two attached hydrogens (primary N) is 1. The molecule has 5 heteroatoms. The van der Waals surface area contributed by atoms with Crippen molar-refractivity contribution >= 4 is 0 Å². The summed E-state index contributed by atoms with van der Waals surface area (Å²) in [4.78, 5) is 0. The fraction of sp³-hybridized carbons (Fsp3) is 0.833. The van der Waals surface area contributed by atoms with Crippen LogP contribution in [-0.2, 0) is 22.4 Å². The smallest absolute Gasteiger partial charge is 0 e. The van der Waals surface area contributed by atoms with Crippen molar-refractivity contribution in [3.05, 3.63) is 42.9 Å². The zero-order valence-electron chi connectivity index (χ0n) is 17.7. The molecule has 0 heterocycles. The topological polar surface area (TPSA) is 75.8 Å². The Morgan fingerprint density at radius 3 is 0.565 bits per heavy atom. The Labute approximate surface area is 166 Å². The van der Waals surface area contributed by atoms with Gasteiger partial charge in [-0.3, -0.25) is 0 Å². The van der Waals surface area contributed by atoms with Gasteiger partial charge in [-0.25, -0.2) is 0 Å². The zero-order valence-corrected chi connectivity index (χ0v) is 20.9. The van der Waals surface area contributed by atoms with E-state index in [1.54, 1.807) is 42.3 Å². The Balaban J connectivity index is -0.0000000193. The van der Waals surface area contributed by atoms with E-state index in [1.165, 1.54) is 19.3 Å². The van der Waals surface area contributed by atoms with Gasteiger partial charge in [0.15, 0.2) is 0 Å². The van der Waals surface area contributed by atoms with Gasteiger partial charge in [0.25, 0.3) is 0 Å². The van der Waals surface area contributed by atoms with Crippen LogP contribution in [0.1, 0.15) is 59.3 Å². The third kappa shape index (κ3) is 746. The monoisotopic (exact) mass is 500 g/mol. The first-order chi connectivity index (χ1) is 9.99. The molecule has 0 aliphatic rings. The summed E-state index contributed by atoms with van der Waals surface area (Å²) in [7, 11) is 10.5. The number of hydrogen-bond acceptors (Lipinski definition) is 0. The summed E-state index contributed by atoms with van der Waals surface area (Å²) < 4.78 is 0. The molecule has 0 atom stereocenters. The van der Waals surface area contributed by atoms with Crippen molar-refractivity contribution < 1.29 is 22.4 Å². The summed E-state index contributed by atoms with van der Waals surface area (Å²) in [6.45, 7) is 17.2. The molecule has 4 nitrogen and oxygen atoms in total. The van der Waals surface area contributed by atoms with E-state index in [1.807, 2.05) is 0 Å². The first-order valence-electron chi connectivity index (χ1n) is 7.80. The second-order valence-corrected chi connectivity index (χ2v) is 3.90. The van der Waals surface area contributed by atoms with Crippen LogP contribution < -0.4 is 0 Å². The third-order valence-corrected chi connectivity index (χ3v) is 1.06. The van der Waals surface area contributed by atoms with Crippen LogP contribution in [0.4, 0.5) is 0 Å². The molecule has 0 aromatic heterocycles. The maximum atomic E-state index is 3.60. The maximum Gasteiger partial charge on any atom is 0 e. The van der Waals surface area contributed by atoms with Gasteiger partial charge in [0.05, 0.1) is 0 Å². The molecule has 0 aromatic carbocycles. The average molecular weight is 501 g/mol. The quantitative estimate of drug-likeness (QED) is 0.361. The van der Waals surface area contributed by atoms with E-state index < -0.39 is 0 Å². The van der Waals surface area contributed by atoms with E-state index in [4.69, 9.17) is 0 Å². The van der Waals surface area contributed by atoms with Gasteiger partial charge in [0.2, 0.25) is 0 Å². The van der Waals surface area contributed by atoms with Crippen LogP contribution in [0.15, 0.2) is 0 Å². The van der Waals surface area contributed by atoms with Crippen molar-refractivity contribution in [3.63, 3.8) is 0 Å². The molecular formula is C18H47N4Ta-7. The molecule has 23 heavy (non-hydrogen) atoms. The maximum absolute atomic E-state index is 3.60. The fourth-order valence-electron chi connectivity index (χ4n) is 0. The summed E-state index contributed by atoms with van der Waals surface area (Å²) >= 11 is 0. The SMILES string of the molecule is C[N-]C.C[N-]C.C[N-]C.[CH2-]CCC.[CH2-]CCC.[CH2-]CCC.[NH2-].[Ta]. The molecule has 151 valence electrons. The Hall–Kier alpha value is 0.580. The van der Waals surface area contributed by atoms with Gasteiger partial charge < -0.3 is 42.9 Å². The second kappa shape index (κ2) is 115. The van der Waals surface area contributed by atoms with Gasteiger partial charge in [-0.2, -0.15) is 61.5 Å². The Morgan fingerprint density at radius 2 is 0.565 bits per heavy atom. The van der Waals surface area contributed by atoms with Crippen molar-refractivity contribution in [3.8, 4) is 0 Å². The summed E-state index contributed by atoms with van der Waals surface area (Å²) in [6, 6.07) is 0. The summed E-state index contributed by atoms with van der Waals surface area (Å²) in [5.74, 6) is 0. The van der Waals surface area contributed by atoms with E-state index in [0.29, 0.717) is 0 Å². The van der Waals surface area contributed by atoms with Crippen molar-refractivity contribution in [2.75, 3.05) is 42.3 Å². The van der Waals surface area contributed by atoms with Crippen LogP contribution in [0.25, 0.3) is 22.1 Å². The Bertz CT molecular complexity index is 57.8. The minimum atomic E-state index is 0. The predicted molar refractivity (Wildman–Crippen MR) is 112 cm³/mol. The summed E-state index contributed by atoms with van der Waals surface area (Å²) in [5, 5.41) is 10.5. The molecule has 2 N–H and O–H groups in total.